The van der Waals surface area contributed by atoms with Crippen LogP contribution in [-0.2, 0) is 4.79 Å². The smallest absolute Gasteiger partial charge is 0.322 e. The standard InChI is InChI=1S/C7H10FN3O2.ClH/c8-6(1-2-6)7(3-9)4(12)10-5(13)11-7;/h1-3,9H2,(H2,10,11,12,13);1H/t7-;/m1./s1. The fourth-order valence-electron chi connectivity index (χ4n) is 1.67. The molecule has 1 heterocycles. The second-order valence-corrected chi connectivity index (χ2v) is 3.48. The number of nitrogens with two attached hydrogens (primary N) is 1. The molecule has 4 N–H and O–H groups in total. The lowest BCUT2D eigenvalue weighted by atomic mass is 9.91. The first-order valence-electron chi connectivity index (χ1n) is 4.07. The van der Waals surface area contributed by atoms with E-state index in [-0.39, 0.29) is 31.8 Å². The maximum absolute atomic E-state index is 13.7. The van der Waals surface area contributed by atoms with Gasteiger partial charge in [0.1, 0.15) is 5.67 Å². The Kier molecular flexibility index (Phi) is 2.45. The average Bonchev–Trinajstić information content (AvgIpc) is 2.72. The largest absolute Gasteiger partial charge is 0.328 e. The minimum Gasteiger partial charge on any atom is -0.328 e. The summed E-state index contributed by atoms with van der Waals surface area (Å²) in [5.74, 6) is -0.653. The number of imide groups is 1. The Morgan fingerprint density at radius 3 is 2.29 bits per heavy atom. The summed E-state index contributed by atoms with van der Waals surface area (Å²) in [6, 6.07) is -0.667. The van der Waals surface area contributed by atoms with E-state index in [9.17, 15) is 14.0 Å². The normalized spacial score (nSPS) is 33.0. The quantitative estimate of drug-likeness (QED) is 0.549. The molecule has 1 saturated carbocycles. The summed E-state index contributed by atoms with van der Waals surface area (Å²) in [7, 11) is 0. The molecular weight excluding hydrogens is 213 g/mol. The van der Waals surface area contributed by atoms with Gasteiger partial charge in [-0.05, 0) is 12.8 Å². The van der Waals surface area contributed by atoms with Gasteiger partial charge in [0.2, 0.25) is 0 Å². The number of urea groups is 1. The lowest BCUT2D eigenvalue weighted by Gasteiger charge is -2.27. The number of carbonyl (C=O) groups is 2. The van der Waals surface area contributed by atoms with Gasteiger partial charge in [0.25, 0.3) is 5.91 Å². The van der Waals surface area contributed by atoms with Crippen LogP contribution < -0.4 is 16.4 Å². The van der Waals surface area contributed by atoms with Crippen molar-refractivity contribution >= 4 is 24.3 Å². The first kappa shape index (κ1) is 11.2. The van der Waals surface area contributed by atoms with Gasteiger partial charge in [-0.1, -0.05) is 0 Å². The predicted molar refractivity (Wildman–Crippen MR) is 48.8 cm³/mol. The van der Waals surface area contributed by atoms with Crippen molar-refractivity contribution in [2.24, 2.45) is 5.73 Å². The van der Waals surface area contributed by atoms with E-state index >= 15 is 0 Å². The number of alkyl halides is 1. The Bertz CT molecular complexity index is 295. The maximum atomic E-state index is 13.7. The van der Waals surface area contributed by atoms with Gasteiger partial charge in [-0.2, -0.15) is 0 Å². The Balaban J connectivity index is 0.000000980. The van der Waals surface area contributed by atoms with Crippen LogP contribution >= 0.6 is 12.4 Å². The number of amides is 3. The van der Waals surface area contributed by atoms with Crippen molar-refractivity contribution in [3.63, 3.8) is 0 Å². The van der Waals surface area contributed by atoms with E-state index in [4.69, 9.17) is 5.73 Å². The number of halogens is 2. The van der Waals surface area contributed by atoms with Crippen LogP contribution in [0.2, 0.25) is 0 Å². The van der Waals surface area contributed by atoms with Gasteiger partial charge in [-0.25, -0.2) is 9.18 Å². The van der Waals surface area contributed by atoms with E-state index in [0.717, 1.165) is 0 Å². The van der Waals surface area contributed by atoms with Gasteiger partial charge < -0.3 is 11.1 Å². The third-order valence-electron chi connectivity index (χ3n) is 2.70. The highest BCUT2D eigenvalue weighted by Crippen LogP contribution is 2.49. The molecule has 14 heavy (non-hydrogen) atoms. The highest BCUT2D eigenvalue weighted by molar-refractivity contribution is 6.08. The van der Waals surface area contributed by atoms with Crippen LogP contribution in [-0.4, -0.2) is 29.7 Å². The van der Waals surface area contributed by atoms with Crippen LogP contribution in [0, 0.1) is 0 Å². The highest BCUT2D eigenvalue weighted by atomic mass is 35.5. The molecule has 2 aliphatic rings. The van der Waals surface area contributed by atoms with Gasteiger partial charge in [-0.15, -0.1) is 12.4 Å². The summed E-state index contributed by atoms with van der Waals surface area (Å²) in [4.78, 5) is 22.1. The van der Waals surface area contributed by atoms with Crippen molar-refractivity contribution in [2.45, 2.75) is 24.0 Å². The van der Waals surface area contributed by atoms with Crippen molar-refractivity contribution in [3.05, 3.63) is 0 Å². The molecule has 7 heteroatoms. The number of nitrogens with one attached hydrogen (secondary N) is 2. The monoisotopic (exact) mass is 223 g/mol. The zero-order valence-corrected chi connectivity index (χ0v) is 8.12. The molecule has 1 aliphatic heterocycles. The van der Waals surface area contributed by atoms with Crippen LogP contribution in [0.5, 0.6) is 0 Å². The molecular formula is C7H11ClFN3O2. The maximum Gasteiger partial charge on any atom is 0.322 e. The second kappa shape index (κ2) is 3.06. The van der Waals surface area contributed by atoms with Gasteiger partial charge >= 0.3 is 6.03 Å². The molecule has 5 nitrogen and oxygen atoms in total. The second-order valence-electron chi connectivity index (χ2n) is 3.48. The topological polar surface area (TPSA) is 84.2 Å². The summed E-state index contributed by atoms with van der Waals surface area (Å²) in [5, 5.41) is 4.27. The average molecular weight is 224 g/mol. The van der Waals surface area contributed by atoms with Crippen LogP contribution in [0.4, 0.5) is 9.18 Å². The molecule has 2 fully saturated rings. The first-order valence-corrected chi connectivity index (χ1v) is 4.07. The minimum absolute atomic E-state index is 0. The molecule has 1 atom stereocenters. The van der Waals surface area contributed by atoms with Crippen molar-refractivity contribution in [1.29, 1.82) is 0 Å². The molecule has 1 aliphatic carbocycles. The molecule has 2 rings (SSSR count). The lowest BCUT2D eigenvalue weighted by Crippen LogP contribution is -2.61. The highest BCUT2D eigenvalue weighted by Gasteiger charge is 2.67. The van der Waals surface area contributed by atoms with Crippen molar-refractivity contribution in [3.8, 4) is 0 Å². The molecule has 0 aromatic carbocycles. The van der Waals surface area contributed by atoms with Crippen LogP contribution in [0.15, 0.2) is 0 Å². The fraction of sp³-hybridized carbons (Fsp3) is 0.714. The summed E-state index contributed by atoms with van der Waals surface area (Å²) in [6.45, 7) is -0.207. The zero-order valence-electron chi connectivity index (χ0n) is 7.30. The number of carbonyl (C=O) groups excluding carboxylic acids is 2. The van der Waals surface area contributed by atoms with E-state index in [1.807, 2.05) is 5.32 Å². The summed E-state index contributed by atoms with van der Waals surface area (Å²) < 4.78 is 13.7. The summed E-state index contributed by atoms with van der Waals surface area (Å²) >= 11 is 0. The molecule has 0 aromatic heterocycles. The van der Waals surface area contributed by atoms with Gasteiger partial charge in [0.05, 0.1) is 0 Å². The van der Waals surface area contributed by atoms with Gasteiger partial charge in [-0.3, -0.25) is 10.1 Å². The zero-order chi connectivity index (χ0) is 9.69. The molecule has 80 valence electrons. The Morgan fingerprint density at radius 1 is 1.43 bits per heavy atom. The van der Waals surface area contributed by atoms with Crippen LogP contribution in [0.1, 0.15) is 12.8 Å². The predicted octanol–water partition coefficient (Wildman–Crippen LogP) is -0.553. The Morgan fingerprint density at radius 2 is 2.00 bits per heavy atom. The third-order valence-corrected chi connectivity index (χ3v) is 2.70. The molecule has 3 amide bonds. The molecule has 0 spiro atoms. The number of rotatable bonds is 2. The summed E-state index contributed by atoms with van der Waals surface area (Å²) in [6.07, 6.45) is 0.551. The van der Waals surface area contributed by atoms with Crippen molar-refractivity contribution in [1.82, 2.24) is 10.6 Å². The Hall–Kier alpha value is -0.880. The molecule has 0 bridgehead atoms. The molecule has 1 saturated heterocycles. The molecule has 0 unspecified atom stereocenters. The van der Waals surface area contributed by atoms with Gasteiger partial charge in [0.15, 0.2) is 5.54 Å². The fourth-order valence-corrected chi connectivity index (χ4v) is 1.67. The number of hydrogen-bond acceptors (Lipinski definition) is 3. The van der Waals surface area contributed by atoms with E-state index in [1.165, 1.54) is 0 Å². The minimum atomic E-state index is -1.64. The van der Waals surface area contributed by atoms with Crippen LogP contribution in [0.3, 0.4) is 0 Å². The summed E-state index contributed by atoms with van der Waals surface area (Å²) in [5.41, 5.74) is 2.17. The lowest BCUT2D eigenvalue weighted by molar-refractivity contribution is -0.126. The van der Waals surface area contributed by atoms with E-state index in [1.54, 1.807) is 0 Å². The van der Waals surface area contributed by atoms with Crippen LogP contribution in [0.25, 0.3) is 0 Å². The van der Waals surface area contributed by atoms with Crippen molar-refractivity contribution in [2.75, 3.05) is 6.54 Å². The Labute approximate surface area is 86.0 Å². The van der Waals surface area contributed by atoms with Crippen molar-refractivity contribution < 1.29 is 14.0 Å². The van der Waals surface area contributed by atoms with E-state index in [0.29, 0.717) is 0 Å². The number of hydrogen-bond donors (Lipinski definition) is 3. The van der Waals surface area contributed by atoms with E-state index < -0.39 is 23.1 Å². The van der Waals surface area contributed by atoms with Gasteiger partial charge in [0, 0.05) is 6.54 Å². The SMILES string of the molecule is Cl.NC[C@@]1(C2(F)CC2)NC(=O)NC1=O. The van der Waals surface area contributed by atoms with E-state index in [2.05, 4.69) is 5.32 Å². The molecule has 0 aromatic rings. The first-order chi connectivity index (χ1) is 6.04. The third kappa shape index (κ3) is 1.18. The molecule has 0 radical (unpaired) electrons.